The molecule has 1 spiro atoms. The van der Waals surface area contributed by atoms with Gasteiger partial charge in [0.15, 0.2) is 0 Å². The Bertz CT molecular complexity index is 496. The molecular formula is C17H23N. The summed E-state index contributed by atoms with van der Waals surface area (Å²) in [7, 11) is 0. The number of benzene rings is 1. The average Bonchev–Trinajstić information content (AvgIpc) is 2.70. The van der Waals surface area contributed by atoms with Gasteiger partial charge in [0, 0.05) is 12.0 Å². The first-order valence-electron chi connectivity index (χ1n) is 7.20. The maximum atomic E-state index is 2.63. The first-order chi connectivity index (χ1) is 8.67. The van der Waals surface area contributed by atoms with E-state index in [4.69, 9.17) is 0 Å². The minimum absolute atomic E-state index is 0.358. The van der Waals surface area contributed by atoms with Gasteiger partial charge in [-0.25, -0.2) is 0 Å². The third-order valence-corrected chi connectivity index (χ3v) is 4.29. The fourth-order valence-corrected chi connectivity index (χ4v) is 3.39. The van der Waals surface area contributed by atoms with Crippen molar-refractivity contribution in [1.29, 1.82) is 0 Å². The molecule has 0 atom stereocenters. The second-order valence-electron chi connectivity index (χ2n) is 6.35. The van der Waals surface area contributed by atoms with Crippen molar-refractivity contribution in [1.82, 2.24) is 4.90 Å². The van der Waals surface area contributed by atoms with Crippen molar-refractivity contribution in [2.75, 3.05) is 19.6 Å². The predicted octanol–water partition coefficient (Wildman–Crippen LogP) is 2.00. The number of nitrogens with zero attached hydrogens (tertiary/aromatic N) is 1. The van der Waals surface area contributed by atoms with Crippen LogP contribution in [0.5, 0.6) is 0 Å². The third-order valence-electron chi connectivity index (χ3n) is 4.29. The first-order valence-corrected chi connectivity index (χ1v) is 7.20. The normalized spacial score (nSPS) is 21.7. The minimum Gasteiger partial charge on any atom is -0.303 e. The van der Waals surface area contributed by atoms with Crippen molar-refractivity contribution in [3.05, 3.63) is 34.7 Å². The smallest absolute Gasteiger partial charge is 0.0104 e. The highest BCUT2D eigenvalue weighted by molar-refractivity contribution is 5.57. The van der Waals surface area contributed by atoms with E-state index in [1.807, 2.05) is 0 Å². The molecule has 18 heavy (non-hydrogen) atoms. The van der Waals surface area contributed by atoms with E-state index in [0.29, 0.717) is 5.41 Å². The molecule has 1 nitrogen and oxygen atoms in total. The lowest BCUT2D eigenvalue weighted by Crippen LogP contribution is -2.39. The molecule has 1 aliphatic heterocycles. The summed E-state index contributed by atoms with van der Waals surface area (Å²) in [5, 5.41) is 2.88. The van der Waals surface area contributed by atoms with Crippen LogP contribution in [0.3, 0.4) is 0 Å². The van der Waals surface area contributed by atoms with Crippen LogP contribution in [0.25, 0.3) is 12.2 Å². The van der Waals surface area contributed by atoms with Crippen LogP contribution < -0.4 is 10.4 Å². The molecule has 0 N–H and O–H groups in total. The van der Waals surface area contributed by atoms with Crippen LogP contribution in [-0.4, -0.2) is 24.5 Å². The standard InChI is InChI=1S/C17H23N/c1-14(2)13-18-9-7-17(8-10-18)11-15-5-3-4-6-16(15)12-17/h3-6,11-12,14H,7-10,13H2,1-2H3. The van der Waals surface area contributed by atoms with Gasteiger partial charge in [-0.2, -0.15) is 0 Å². The number of piperidine rings is 1. The molecule has 0 radical (unpaired) electrons. The van der Waals surface area contributed by atoms with E-state index in [2.05, 4.69) is 55.2 Å². The van der Waals surface area contributed by atoms with Gasteiger partial charge in [-0.05, 0) is 42.3 Å². The van der Waals surface area contributed by atoms with Crippen molar-refractivity contribution in [2.24, 2.45) is 11.3 Å². The fraction of sp³-hybridized carbons (Fsp3) is 0.529. The number of fused-ring (bicyclic) bond motifs is 1. The van der Waals surface area contributed by atoms with Crippen LogP contribution in [0.2, 0.25) is 0 Å². The van der Waals surface area contributed by atoms with E-state index in [1.54, 1.807) is 0 Å². The zero-order chi connectivity index (χ0) is 12.6. The molecule has 1 heteroatoms. The van der Waals surface area contributed by atoms with Crippen molar-refractivity contribution >= 4 is 12.2 Å². The molecule has 0 aromatic heterocycles. The van der Waals surface area contributed by atoms with Crippen LogP contribution in [-0.2, 0) is 0 Å². The summed E-state index contributed by atoms with van der Waals surface area (Å²) in [6.45, 7) is 8.38. The highest BCUT2D eigenvalue weighted by atomic mass is 15.1. The zero-order valence-electron chi connectivity index (χ0n) is 11.5. The van der Waals surface area contributed by atoms with Crippen molar-refractivity contribution < 1.29 is 0 Å². The molecule has 0 unspecified atom stereocenters. The summed E-state index contributed by atoms with van der Waals surface area (Å²) in [6, 6.07) is 8.80. The molecule has 0 saturated carbocycles. The predicted molar refractivity (Wildman–Crippen MR) is 77.6 cm³/mol. The van der Waals surface area contributed by atoms with E-state index in [-0.39, 0.29) is 0 Å². The van der Waals surface area contributed by atoms with Gasteiger partial charge in [0.25, 0.3) is 0 Å². The molecule has 1 aromatic rings. The Morgan fingerprint density at radius 3 is 2.11 bits per heavy atom. The molecule has 1 saturated heterocycles. The zero-order valence-corrected chi connectivity index (χ0v) is 11.5. The number of likely N-dealkylation sites (tertiary alicyclic amines) is 1. The molecular weight excluding hydrogens is 218 g/mol. The Morgan fingerprint density at radius 1 is 1.06 bits per heavy atom. The summed E-state index contributed by atoms with van der Waals surface area (Å²) >= 11 is 0. The molecule has 0 bridgehead atoms. The van der Waals surface area contributed by atoms with Crippen molar-refractivity contribution in [2.45, 2.75) is 26.7 Å². The van der Waals surface area contributed by atoms with Gasteiger partial charge < -0.3 is 4.90 Å². The molecule has 3 rings (SSSR count). The van der Waals surface area contributed by atoms with Gasteiger partial charge in [0.05, 0.1) is 0 Å². The number of hydrogen-bond donors (Lipinski definition) is 0. The summed E-state index contributed by atoms with van der Waals surface area (Å²) in [5.41, 5.74) is 0.358. The lowest BCUT2D eigenvalue weighted by Gasteiger charge is -2.38. The van der Waals surface area contributed by atoms with E-state index in [9.17, 15) is 0 Å². The Labute approximate surface area is 110 Å². The van der Waals surface area contributed by atoms with Crippen LogP contribution in [0.15, 0.2) is 24.3 Å². The van der Waals surface area contributed by atoms with E-state index in [0.717, 1.165) is 5.92 Å². The van der Waals surface area contributed by atoms with Gasteiger partial charge in [0.1, 0.15) is 0 Å². The third kappa shape index (κ3) is 2.24. The Balaban J connectivity index is 1.76. The maximum Gasteiger partial charge on any atom is 0.0104 e. The molecule has 1 fully saturated rings. The molecule has 2 aliphatic rings. The largest absolute Gasteiger partial charge is 0.303 e. The number of hydrogen-bond acceptors (Lipinski definition) is 1. The molecule has 0 amide bonds. The summed E-state index contributed by atoms with van der Waals surface area (Å²) in [4.78, 5) is 2.63. The summed E-state index contributed by atoms with van der Waals surface area (Å²) in [5.74, 6) is 0.785. The molecule has 96 valence electrons. The summed E-state index contributed by atoms with van der Waals surface area (Å²) < 4.78 is 0. The van der Waals surface area contributed by atoms with Gasteiger partial charge in [-0.15, -0.1) is 0 Å². The fourth-order valence-electron chi connectivity index (χ4n) is 3.39. The average molecular weight is 241 g/mol. The van der Waals surface area contributed by atoms with Crippen LogP contribution in [0, 0.1) is 11.3 Å². The molecule has 1 aliphatic carbocycles. The lowest BCUT2D eigenvalue weighted by atomic mass is 9.79. The minimum atomic E-state index is 0.358. The Kier molecular flexibility index (Phi) is 3.03. The highest BCUT2D eigenvalue weighted by Crippen LogP contribution is 2.36. The van der Waals surface area contributed by atoms with Crippen molar-refractivity contribution in [3.63, 3.8) is 0 Å². The van der Waals surface area contributed by atoms with Gasteiger partial charge in [0.2, 0.25) is 0 Å². The van der Waals surface area contributed by atoms with E-state index >= 15 is 0 Å². The lowest BCUT2D eigenvalue weighted by molar-refractivity contribution is 0.168. The van der Waals surface area contributed by atoms with Crippen LogP contribution in [0.4, 0.5) is 0 Å². The monoisotopic (exact) mass is 241 g/mol. The molecule has 1 aromatic carbocycles. The molecule has 1 heterocycles. The SMILES string of the molecule is CC(C)CN1CCC2(C=c3ccccc3=C2)CC1. The second-order valence-corrected chi connectivity index (χ2v) is 6.35. The first kappa shape index (κ1) is 12.0. The van der Waals surface area contributed by atoms with E-state index < -0.39 is 0 Å². The van der Waals surface area contributed by atoms with Crippen LogP contribution >= 0.6 is 0 Å². The van der Waals surface area contributed by atoms with E-state index in [1.165, 1.54) is 42.9 Å². The highest BCUT2D eigenvalue weighted by Gasteiger charge is 2.32. The topological polar surface area (TPSA) is 3.24 Å². The van der Waals surface area contributed by atoms with Crippen LogP contribution in [0.1, 0.15) is 26.7 Å². The van der Waals surface area contributed by atoms with Crippen molar-refractivity contribution in [3.8, 4) is 0 Å². The number of rotatable bonds is 2. The van der Waals surface area contributed by atoms with Gasteiger partial charge >= 0.3 is 0 Å². The van der Waals surface area contributed by atoms with Gasteiger partial charge in [-0.1, -0.05) is 50.3 Å². The quantitative estimate of drug-likeness (QED) is 0.765. The second kappa shape index (κ2) is 4.55. The maximum absolute atomic E-state index is 2.63. The summed E-state index contributed by atoms with van der Waals surface area (Å²) in [6.07, 6.45) is 7.59. The Morgan fingerprint density at radius 2 is 1.61 bits per heavy atom. The van der Waals surface area contributed by atoms with Gasteiger partial charge in [-0.3, -0.25) is 0 Å². The Hall–Kier alpha value is -1.08.